The molecule has 1 amide bonds. The predicted molar refractivity (Wildman–Crippen MR) is 98.5 cm³/mol. The Balaban J connectivity index is 1.52. The third-order valence-electron chi connectivity index (χ3n) is 3.65. The molecule has 3 aromatic rings. The summed E-state index contributed by atoms with van der Waals surface area (Å²) in [5, 5.41) is 2.38. The standard InChI is InChI=1S/C21H16F3NO3/c22-21(23,24)15-5-4-6-16(13-15)25-20(26)14-27-17-9-11-19(12-10-17)28-18-7-2-1-3-8-18/h1-13H,14H2,(H,25,26). The molecule has 0 unspecified atom stereocenters. The summed E-state index contributed by atoms with van der Waals surface area (Å²) < 4.78 is 49.1. The van der Waals surface area contributed by atoms with Crippen molar-refractivity contribution in [1.82, 2.24) is 0 Å². The zero-order valence-electron chi connectivity index (χ0n) is 14.6. The lowest BCUT2D eigenvalue weighted by Crippen LogP contribution is -2.20. The van der Waals surface area contributed by atoms with E-state index in [0.717, 1.165) is 12.1 Å². The lowest BCUT2D eigenvalue weighted by Gasteiger charge is -2.11. The number of carbonyl (C=O) groups is 1. The van der Waals surface area contributed by atoms with Crippen LogP contribution in [-0.2, 0) is 11.0 Å². The number of hydrogen-bond donors (Lipinski definition) is 1. The molecule has 0 spiro atoms. The van der Waals surface area contributed by atoms with E-state index in [9.17, 15) is 18.0 Å². The van der Waals surface area contributed by atoms with Gasteiger partial charge in [0.15, 0.2) is 6.61 Å². The van der Waals surface area contributed by atoms with Gasteiger partial charge in [0.05, 0.1) is 5.56 Å². The predicted octanol–water partition coefficient (Wildman–Crippen LogP) is 5.52. The Labute approximate surface area is 159 Å². The van der Waals surface area contributed by atoms with Crippen molar-refractivity contribution in [1.29, 1.82) is 0 Å². The van der Waals surface area contributed by atoms with Crippen molar-refractivity contribution >= 4 is 11.6 Å². The summed E-state index contributed by atoms with van der Waals surface area (Å²) in [6.45, 7) is -0.338. The van der Waals surface area contributed by atoms with Gasteiger partial charge in [0.2, 0.25) is 0 Å². The van der Waals surface area contributed by atoms with Crippen molar-refractivity contribution in [2.45, 2.75) is 6.18 Å². The fraction of sp³-hybridized carbons (Fsp3) is 0.0952. The highest BCUT2D eigenvalue weighted by Gasteiger charge is 2.30. The van der Waals surface area contributed by atoms with E-state index in [0.29, 0.717) is 17.2 Å². The van der Waals surface area contributed by atoms with Gasteiger partial charge in [-0.3, -0.25) is 4.79 Å². The summed E-state index contributed by atoms with van der Waals surface area (Å²) in [7, 11) is 0. The highest BCUT2D eigenvalue weighted by molar-refractivity contribution is 5.91. The Morgan fingerprint density at radius 1 is 0.821 bits per heavy atom. The number of amides is 1. The number of anilines is 1. The van der Waals surface area contributed by atoms with E-state index in [4.69, 9.17) is 9.47 Å². The monoisotopic (exact) mass is 387 g/mol. The van der Waals surface area contributed by atoms with Crippen molar-refractivity contribution in [2.24, 2.45) is 0 Å². The van der Waals surface area contributed by atoms with Crippen LogP contribution in [0.3, 0.4) is 0 Å². The summed E-state index contributed by atoms with van der Waals surface area (Å²) in [6.07, 6.45) is -4.47. The van der Waals surface area contributed by atoms with Crippen LogP contribution in [0.4, 0.5) is 18.9 Å². The smallest absolute Gasteiger partial charge is 0.416 e. The van der Waals surface area contributed by atoms with E-state index < -0.39 is 17.6 Å². The van der Waals surface area contributed by atoms with Crippen LogP contribution in [0.2, 0.25) is 0 Å². The number of carbonyl (C=O) groups excluding carboxylic acids is 1. The largest absolute Gasteiger partial charge is 0.484 e. The van der Waals surface area contributed by atoms with Gasteiger partial charge in [-0.25, -0.2) is 0 Å². The molecule has 0 saturated heterocycles. The zero-order chi connectivity index (χ0) is 20.0. The minimum Gasteiger partial charge on any atom is -0.484 e. The number of benzene rings is 3. The molecular weight excluding hydrogens is 371 g/mol. The van der Waals surface area contributed by atoms with Gasteiger partial charge in [-0.2, -0.15) is 13.2 Å². The van der Waals surface area contributed by atoms with E-state index in [-0.39, 0.29) is 12.3 Å². The molecule has 0 saturated carbocycles. The van der Waals surface area contributed by atoms with Gasteiger partial charge in [-0.15, -0.1) is 0 Å². The van der Waals surface area contributed by atoms with Crippen LogP contribution in [0.25, 0.3) is 0 Å². The van der Waals surface area contributed by atoms with Crippen molar-refractivity contribution in [3.05, 3.63) is 84.4 Å². The SMILES string of the molecule is O=C(COc1ccc(Oc2ccccc2)cc1)Nc1cccc(C(F)(F)F)c1. The van der Waals surface area contributed by atoms with E-state index in [1.165, 1.54) is 12.1 Å². The first-order valence-electron chi connectivity index (χ1n) is 8.33. The molecule has 28 heavy (non-hydrogen) atoms. The molecule has 3 rings (SSSR count). The molecular formula is C21H16F3NO3. The average Bonchev–Trinajstić information content (AvgIpc) is 2.68. The maximum Gasteiger partial charge on any atom is 0.416 e. The number of hydrogen-bond acceptors (Lipinski definition) is 3. The topological polar surface area (TPSA) is 47.6 Å². The van der Waals surface area contributed by atoms with Crippen LogP contribution in [-0.4, -0.2) is 12.5 Å². The Hall–Kier alpha value is -3.48. The zero-order valence-corrected chi connectivity index (χ0v) is 14.6. The normalized spacial score (nSPS) is 11.0. The Kier molecular flexibility index (Phi) is 5.84. The van der Waals surface area contributed by atoms with E-state index in [1.807, 2.05) is 30.3 Å². The summed E-state index contributed by atoms with van der Waals surface area (Å²) in [6, 6.07) is 20.3. The molecule has 0 atom stereocenters. The minimum absolute atomic E-state index is 0.0510. The molecule has 0 fully saturated rings. The van der Waals surface area contributed by atoms with Crippen molar-refractivity contribution < 1.29 is 27.4 Å². The molecule has 0 radical (unpaired) electrons. The van der Waals surface area contributed by atoms with Gasteiger partial charge in [-0.1, -0.05) is 24.3 Å². The Morgan fingerprint density at radius 2 is 1.46 bits per heavy atom. The molecule has 1 N–H and O–H groups in total. The second-order valence-electron chi connectivity index (χ2n) is 5.80. The number of rotatable bonds is 6. The third kappa shape index (κ3) is 5.51. The van der Waals surface area contributed by atoms with Gasteiger partial charge in [0.25, 0.3) is 5.91 Å². The van der Waals surface area contributed by atoms with Gasteiger partial charge < -0.3 is 14.8 Å². The van der Waals surface area contributed by atoms with Crippen molar-refractivity contribution in [3.63, 3.8) is 0 Å². The summed E-state index contributed by atoms with van der Waals surface area (Å²) in [5.41, 5.74) is -0.782. The quantitative estimate of drug-likeness (QED) is 0.606. The maximum absolute atomic E-state index is 12.7. The Morgan fingerprint density at radius 3 is 2.14 bits per heavy atom. The number of ether oxygens (including phenoxy) is 2. The van der Waals surface area contributed by atoms with Gasteiger partial charge in [0.1, 0.15) is 17.2 Å². The molecule has 0 aromatic heterocycles. The molecule has 144 valence electrons. The summed E-state index contributed by atoms with van der Waals surface area (Å²) in [4.78, 5) is 11.9. The van der Waals surface area contributed by atoms with Crippen LogP contribution >= 0.6 is 0 Å². The molecule has 0 aliphatic carbocycles. The summed E-state index contributed by atoms with van der Waals surface area (Å²) >= 11 is 0. The van der Waals surface area contributed by atoms with Crippen LogP contribution in [0, 0.1) is 0 Å². The molecule has 0 bridgehead atoms. The van der Waals surface area contributed by atoms with E-state index in [1.54, 1.807) is 24.3 Å². The fourth-order valence-electron chi connectivity index (χ4n) is 2.35. The highest BCUT2D eigenvalue weighted by Crippen LogP contribution is 2.30. The minimum atomic E-state index is -4.47. The molecule has 0 heterocycles. The third-order valence-corrected chi connectivity index (χ3v) is 3.65. The number of nitrogens with one attached hydrogen (secondary N) is 1. The summed E-state index contributed by atoms with van der Waals surface area (Å²) in [5.74, 6) is 1.16. The van der Waals surface area contributed by atoms with Crippen molar-refractivity contribution in [2.75, 3.05) is 11.9 Å². The number of halogens is 3. The number of para-hydroxylation sites is 1. The van der Waals surface area contributed by atoms with Gasteiger partial charge in [0, 0.05) is 5.69 Å². The first kappa shape index (κ1) is 19.3. The van der Waals surface area contributed by atoms with Crippen molar-refractivity contribution in [3.8, 4) is 17.2 Å². The van der Waals surface area contributed by atoms with Crippen LogP contribution in [0.1, 0.15) is 5.56 Å². The lowest BCUT2D eigenvalue weighted by atomic mass is 10.2. The molecule has 7 heteroatoms. The molecule has 3 aromatic carbocycles. The molecule has 0 aliphatic heterocycles. The van der Waals surface area contributed by atoms with Crippen LogP contribution < -0.4 is 14.8 Å². The molecule has 4 nitrogen and oxygen atoms in total. The second kappa shape index (κ2) is 8.47. The van der Waals surface area contributed by atoms with E-state index in [2.05, 4.69) is 5.32 Å². The first-order valence-corrected chi connectivity index (χ1v) is 8.33. The lowest BCUT2D eigenvalue weighted by molar-refractivity contribution is -0.137. The van der Waals surface area contributed by atoms with Gasteiger partial charge >= 0.3 is 6.18 Å². The Bertz CT molecular complexity index is 926. The van der Waals surface area contributed by atoms with E-state index >= 15 is 0 Å². The van der Waals surface area contributed by atoms with Crippen LogP contribution in [0.15, 0.2) is 78.9 Å². The number of alkyl halides is 3. The molecule has 0 aliphatic rings. The second-order valence-corrected chi connectivity index (χ2v) is 5.80. The van der Waals surface area contributed by atoms with Crippen LogP contribution in [0.5, 0.6) is 17.2 Å². The van der Waals surface area contributed by atoms with Gasteiger partial charge in [-0.05, 0) is 54.6 Å². The highest BCUT2D eigenvalue weighted by atomic mass is 19.4. The average molecular weight is 387 g/mol. The fourth-order valence-corrected chi connectivity index (χ4v) is 2.35. The maximum atomic E-state index is 12.7. The first-order chi connectivity index (χ1) is 13.4.